The molecule has 1 aromatic heterocycles. The van der Waals surface area contributed by atoms with Crippen LogP contribution >= 0.6 is 12.2 Å². The Bertz CT molecular complexity index is 879. The minimum absolute atomic E-state index is 0.538. The molecule has 0 spiro atoms. The summed E-state index contributed by atoms with van der Waals surface area (Å²) in [6.07, 6.45) is 5.61. The number of nitrogens with zero attached hydrogens (tertiary/aromatic N) is 4. The predicted molar refractivity (Wildman–Crippen MR) is 135 cm³/mol. The molecule has 2 N–H and O–H groups in total. The van der Waals surface area contributed by atoms with Crippen LogP contribution in [0.5, 0.6) is 0 Å². The number of anilines is 3. The predicted octanol–water partition coefficient (Wildman–Crippen LogP) is 3.85. The Morgan fingerprint density at radius 2 is 1.75 bits per heavy atom. The number of nitrogens with one attached hydrogen (secondary N) is 2. The molecule has 0 unspecified atom stereocenters. The Labute approximate surface area is 196 Å². The van der Waals surface area contributed by atoms with Crippen LogP contribution in [-0.4, -0.2) is 65.9 Å². The number of hydrogen-bond acceptors (Lipinski definition) is 6. The van der Waals surface area contributed by atoms with Crippen LogP contribution in [0.3, 0.4) is 0 Å². The molecule has 0 amide bonds. The topological polar surface area (TPSA) is 65.5 Å². The van der Waals surface area contributed by atoms with E-state index < -0.39 is 0 Å². The van der Waals surface area contributed by atoms with Gasteiger partial charge in [0.1, 0.15) is 17.5 Å². The molecule has 8 heteroatoms. The number of rotatable bonds is 7. The molecule has 2 aliphatic rings. The first-order chi connectivity index (χ1) is 15.7. The van der Waals surface area contributed by atoms with Gasteiger partial charge in [-0.2, -0.15) is 0 Å². The first kappa shape index (κ1) is 22.9. The molecule has 0 aliphatic carbocycles. The third kappa shape index (κ3) is 6.85. The number of thiocarbonyl (C=S) groups is 1. The highest BCUT2D eigenvalue weighted by Crippen LogP contribution is 2.21. The smallest absolute Gasteiger partial charge is 0.176 e. The van der Waals surface area contributed by atoms with Crippen LogP contribution in [0, 0.1) is 6.92 Å². The number of piperidine rings is 1. The highest BCUT2D eigenvalue weighted by molar-refractivity contribution is 7.80. The van der Waals surface area contributed by atoms with Gasteiger partial charge in [0.2, 0.25) is 0 Å². The average molecular weight is 455 g/mol. The average Bonchev–Trinajstić information content (AvgIpc) is 2.82. The zero-order chi connectivity index (χ0) is 22.2. The van der Waals surface area contributed by atoms with Crippen LogP contribution in [0.2, 0.25) is 0 Å². The molecule has 3 heterocycles. The molecule has 172 valence electrons. The summed E-state index contributed by atoms with van der Waals surface area (Å²) in [5, 5.41) is 7.07. The van der Waals surface area contributed by atoms with Crippen molar-refractivity contribution in [3.63, 3.8) is 0 Å². The summed E-state index contributed by atoms with van der Waals surface area (Å²) >= 11 is 5.55. The Kier molecular flexibility index (Phi) is 8.25. The number of ether oxygens (including phenoxy) is 1. The summed E-state index contributed by atoms with van der Waals surface area (Å²) in [6, 6.07) is 10.2. The van der Waals surface area contributed by atoms with Crippen molar-refractivity contribution in [1.82, 2.24) is 14.9 Å². The van der Waals surface area contributed by atoms with Crippen molar-refractivity contribution >= 4 is 34.7 Å². The quantitative estimate of drug-likeness (QED) is 0.612. The van der Waals surface area contributed by atoms with E-state index in [1.165, 1.54) is 24.8 Å². The normalized spacial score (nSPS) is 17.2. The number of hydrogen-bond donors (Lipinski definition) is 2. The minimum Gasteiger partial charge on any atom is -0.379 e. The van der Waals surface area contributed by atoms with E-state index in [1.807, 2.05) is 18.2 Å². The fraction of sp³-hybridized carbons (Fsp3) is 0.542. The van der Waals surface area contributed by atoms with Crippen molar-refractivity contribution in [2.45, 2.75) is 39.0 Å². The molecule has 2 saturated heterocycles. The molecule has 0 radical (unpaired) electrons. The van der Waals surface area contributed by atoms with E-state index in [9.17, 15) is 0 Å². The SMILES string of the molecule is Cc1ccc(NC(=S)Nc2cc(N3CCCCC3)nc(CCCN3CCOCC3)n2)cc1. The molecule has 1 aromatic carbocycles. The summed E-state index contributed by atoms with van der Waals surface area (Å²) in [5.74, 6) is 2.63. The van der Waals surface area contributed by atoms with Gasteiger partial charge in [-0.15, -0.1) is 0 Å². The molecule has 2 aromatic rings. The number of aryl methyl sites for hydroxylation is 2. The van der Waals surface area contributed by atoms with Gasteiger partial charge < -0.3 is 20.3 Å². The lowest BCUT2D eigenvalue weighted by Crippen LogP contribution is -2.37. The summed E-state index contributed by atoms with van der Waals surface area (Å²) < 4.78 is 5.45. The molecule has 32 heavy (non-hydrogen) atoms. The van der Waals surface area contributed by atoms with Crippen molar-refractivity contribution in [2.24, 2.45) is 0 Å². The van der Waals surface area contributed by atoms with Gasteiger partial charge in [0.25, 0.3) is 0 Å². The third-order valence-corrected chi connectivity index (χ3v) is 6.17. The van der Waals surface area contributed by atoms with Crippen LogP contribution in [0.25, 0.3) is 0 Å². The lowest BCUT2D eigenvalue weighted by Gasteiger charge is -2.28. The minimum atomic E-state index is 0.538. The number of benzene rings is 1. The van der Waals surface area contributed by atoms with Crippen LogP contribution < -0.4 is 15.5 Å². The second-order valence-electron chi connectivity index (χ2n) is 8.58. The van der Waals surface area contributed by atoms with Gasteiger partial charge >= 0.3 is 0 Å². The van der Waals surface area contributed by atoms with Crippen LogP contribution in [-0.2, 0) is 11.2 Å². The molecule has 0 atom stereocenters. The first-order valence-electron chi connectivity index (χ1n) is 11.7. The van der Waals surface area contributed by atoms with Gasteiger partial charge in [0.05, 0.1) is 13.2 Å². The highest BCUT2D eigenvalue weighted by Gasteiger charge is 2.16. The molecule has 0 saturated carbocycles. The molecular weight excluding hydrogens is 420 g/mol. The van der Waals surface area contributed by atoms with E-state index in [0.29, 0.717) is 5.11 Å². The standard InChI is InChI=1S/C24H34N6OS/c1-19-7-9-20(10-8-19)25-24(32)28-22-18-23(30-12-3-2-4-13-30)27-21(26-22)6-5-11-29-14-16-31-17-15-29/h7-10,18H,2-6,11-17H2,1H3,(H2,25,26,27,28,32). The van der Waals surface area contributed by atoms with Crippen molar-refractivity contribution in [3.05, 3.63) is 41.7 Å². The monoisotopic (exact) mass is 454 g/mol. The Hall–Kier alpha value is -2.29. The first-order valence-corrected chi connectivity index (χ1v) is 12.1. The van der Waals surface area contributed by atoms with Crippen LogP contribution in [0.15, 0.2) is 30.3 Å². The van der Waals surface area contributed by atoms with Gasteiger partial charge in [0.15, 0.2) is 5.11 Å². The van der Waals surface area contributed by atoms with Crippen molar-refractivity contribution < 1.29 is 4.74 Å². The molecule has 4 rings (SSSR count). The van der Waals surface area contributed by atoms with Gasteiger partial charge in [-0.05, 0) is 63.5 Å². The lowest BCUT2D eigenvalue weighted by molar-refractivity contribution is 0.0374. The summed E-state index contributed by atoms with van der Waals surface area (Å²) in [5.41, 5.74) is 2.18. The second-order valence-corrected chi connectivity index (χ2v) is 8.99. The van der Waals surface area contributed by atoms with Gasteiger partial charge in [-0.3, -0.25) is 4.90 Å². The van der Waals surface area contributed by atoms with Crippen molar-refractivity contribution in [1.29, 1.82) is 0 Å². The van der Waals surface area contributed by atoms with Crippen LogP contribution in [0.1, 0.15) is 37.1 Å². The van der Waals surface area contributed by atoms with E-state index in [1.54, 1.807) is 0 Å². The summed E-state index contributed by atoms with van der Waals surface area (Å²) in [6.45, 7) is 8.92. The van der Waals surface area contributed by atoms with Gasteiger partial charge in [0, 0.05) is 44.4 Å². The zero-order valence-corrected chi connectivity index (χ0v) is 19.8. The van der Waals surface area contributed by atoms with Crippen molar-refractivity contribution in [2.75, 3.05) is 61.5 Å². The Morgan fingerprint density at radius 1 is 1.00 bits per heavy atom. The van der Waals surface area contributed by atoms with Crippen LogP contribution in [0.4, 0.5) is 17.3 Å². The maximum absolute atomic E-state index is 5.55. The third-order valence-electron chi connectivity index (χ3n) is 5.97. The second kappa shape index (κ2) is 11.5. The van der Waals surface area contributed by atoms with E-state index in [2.05, 4.69) is 39.5 Å². The van der Waals surface area contributed by atoms with E-state index in [4.69, 9.17) is 26.9 Å². The number of aromatic nitrogens is 2. The molecule has 2 fully saturated rings. The maximum Gasteiger partial charge on any atom is 0.176 e. The van der Waals surface area contributed by atoms with Crippen molar-refractivity contribution in [3.8, 4) is 0 Å². The van der Waals surface area contributed by atoms with Gasteiger partial charge in [-0.25, -0.2) is 9.97 Å². The zero-order valence-electron chi connectivity index (χ0n) is 19.0. The van der Waals surface area contributed by atoms with Gasteiger partial charge in [-0.1, -0.05) is 17.7 Å². The maximum atomic E-state index is 5.55. The highest BCUT2D eigenvalue weighted by atomic mass is 32.1. The largest absolute Gasteiger partial charge is 0.379 e. The Balaban J connectivity index is 1.42. The summed E-state index contributed by atoms with van der Waals surface area (Å²) in [7, 11) is 0. The fourth-order valence-corrected chi connectivity index (χ4v) is 4.37. The molecule has 7 nitrogen and oxygen atoms in total. The summed E-state index contributed by atoms with van der Waals surface area (Å²) in [4.78, 5) is 14.5. The molecule has 0 bridgehead atoms. The molecular formula is C24H34N6OS. The van der Waals surface area contributed by atoms with E-state index >= 15 is 0 Å². The van der Waals surface area contributed by atoms with E-state index in [-0.39, 0.29) is 0 Å². The fourth-order valence-electron chi connectivity index (χ4n) is 4.15. The van der Waals surface area contributed by atoms with E-state index in [0.717, 1.165) is 81.9 Å². The lowest BCUT2D eigenvalue weighted by atomic mass is 10.1. The molecule has 2 aliphatic heterocycles. The Morgan fingerprint density at radius 3 is 2.50 bits per heavy atom. The number of morpholine rings is 1.